The Labute approximate surface area is 505 Å². The molecule has 0 heterocycles. The van der Waals surface area contributed by atoms with Crippen LogP contribution in [0.2, 0.25) is 0 Å². The molecule has 0 aliphatic heterocycles. The topological polar surface area (TPSA) is 237 Å². The summed E-state index contributed by atoms with van der Waals surface area (Å²) in [6.07, 6.45) is 36.3. The van der Waals surface area contributed by atoms with Crippen LogP contribution in [-0.2, 0) is 65.4 Å². The first kappa shape index (κ1) is 81.1. The second-order valence-electron chi connectivity index (χ2n) is 24.1. The van der Waals surface area contributed by atoms with Crippen molar-refractivity contribution >= 4 is 39.5 Å². The van der Waals surface area contributed by atoms with Gasteiger partial charge in [-0.15, -0.1) is 0 Å². The molecule has 0 aromatic rings. The molecule has 0 aromatic carbocycles. The molecule has 4 unspecified atom stereocenters. The lowest BCUT2D eigenvalue weighted by Crippen LogP contribution is -2.30. The second-order valence-corrected chi connectivity index (χ2v) is 27.0. The van der Waals surface area contributed by atoms with Crippen LogP contribution in [0.15, 0.2) is 0 Å². The maximum absolute atomic E-state index is 13.0. The Kier molecular flexibility index (Phi) is 54.1. The summed E-state index contributed by atoms with van der Waals surface area (Å²) in [7, 11) is -9.89. The molecule has 17 nitrogen and oxygen atoms in total. The highest BCUT2D eigenvalue weighted by Crippen LogP contribution is 2.45. The van der Waals surface area contributed by atoms with E-state index in [1.54, 1.807) is 0 Å². The van der Waals surface area contributed by atoms with Gasteiger partial charge in [-0.3, -0.25) is 37.3 Å². The van der Waals surface area contributed by atoms with Gasteiger partial charge in [0.15, 0.2) is 12.2 Å². The van der Waals surface area contributed by atoms with Crippen molar-refractivity contribution in [1.29, 1.82) is 0 Å². The third-order valence-corrected chi connectivity index (χ3v) is 17.3. The molecule has 0 saturated carbocycles. The van der Waals surface area contributed by atoms with Crippen molar-refractivity contribution in [1.82, 2.24) is 0 Å². The van der Waals surface area contributed by atoms with E-state index in [1.165, 1.54) is 109 Å². The van der Waals surface area contributed by atoms with Crippen molar-refractivity contribution < 1.29 is 80.2 Å². The van der Waals surface area contributed by atoms with E-state index in [1.807, 2.05) is 0 Å². The second kappa shape index (κ2) is 55.4. The van der Waals surface area contributed by atoms with Crippen LogP contribution < -0.4 is 0 Å². The molecular formula is C64H124O17P2. The summed E-state index contributed by atoms with van der Waals surface area (Å²) in [5.41, 5.74) is 0. The summed E-state index contributed by atoms with van der Waals surface area (Å²) in [4.78, 5) is 72.1. The van der Waals surface area contributed by atoms with Crippen molar-refractivity contribution in [3.8, 4) is 0 Å². The van der Waals surface area contributed by atoms with E-state index in [0.29, 0.717) is 25.7 Å². The molecule has 83 heavy (non-hydrogen) atoms. The number of aliphatic hydroxyl groups is 1. The van der Waals surface area contributed by atoms with Crippen LogP contribution in [-0.4, -0.2) is 96.7 Å². The molecule has 0 rings (SSSR count). The Morgan fingerprint density at radius 2 is 0.614 bits per heavy atom. The van der Waals surface area contributed by atoms with E-state index in [4.69, 9.17) is 37.0 Å². The van der Waals surface area contributed by atoms with Gasteiger partial charge in [-0.1, -0.05) is 260 Å². The number of carbonyl (C=O) groups excluding carboxylic acids is 4. The molecule has 0 aliphatic rings. The molecule has 0 bridgehead atoms. The first-order chi connectivity index (χ1) is 39.8. The average Bonchev–Trinajstić information content (AvgIpc) is 3.46. The lowest BCUT2D eigenvalue weighted by atomic mass is 10.00. The summed E-state index contributed by atoms with van der Waals surface area (Å²) < 4.78 is 67.9. The quantitative estimate of drug-likeness (QED) is 0.0222. The summed E-state index contributed by atoms with van der Waals surface area (Å²) in [6.45, 7) is 11.7. The number of ether oxygens (including phenoxy) is 4. The number of rotatable bonds is 62. The number of esters is 4. The number of phosphoric acid groups is 2. The van der Waals surface area contributed by atoms with Gasteiger partial charge in [0.2, 0.25) is 0 Å². The summed E-state index contributed by atoms with van der Waals surface area (Å²) in [6, 6.07) is 0. The summed E-state index contributed by atoms with van der Waals surface area (Å²) in [5, 5.41) is 10.5. The van der Waals surface area contributed by atoms with E-state index in [0.717, 1.165) is 120 Å². The number of hydrogen-bond acceptors (Lipinski definition) is 15. The zero-order valence-corrected chi connectivity index (χ0v) is 55.4. The molecule has 0 aromatic heterocycles. The van der Waals surface area contributed by atoms with Gasteiger partial charge in [0.1, 0.15) is 19.3 Å². The Bertz CT molecular complexity index is 1650. The highest BCUT2D eigenvalue weighted by Gasteiger charge is 2.30. The SMILES string of the molecule is CCCCCCCCCCC(=O)OC[C@H](COP(=O)(O)OC[C@H](O)COP(=O)(O)OC[C@@H](COC(=O)CCCCCCCCC(C)CC)OC(=O)CCCCCCCCCCCCCCC(C)C)OC(=O)CCCCCCCCC(C)CC. The minimum Gasteiger partial charge on any atom is -0.462 e. The molecule has 3 N–H and O–H groups in total. The fourth-order valence-electron chi connectivity index (χ4n) is 9.42. The largest absolute Gasteiger partial charge is 0.472 e. The van der Waals surface area contributed by atoms with Crippen LogP contribution in [0.5, 0.6) is 0 Å². The smallest absolute Gasteiger partial charge is 0.462 e. The lowest BCUT2D eigenvalue weighted by molar-refractivity contribution is -0.161. The number of carbonyl (C=O) groups is 4. The van der Waals surface area contributed by atoms with Gasteiger partial charge < -0.3 is 33.8 Å². The predicted octanol–water partition coefficient (Wildman–Crippen LogP) is 17.5. The lowest BCUT2D eigenvalue weighted by Gasteiger charge is -2.21. The Balaban J connectivity index is 5.23. The first-order valence-electron chi connectivity index (χ1n) is 33.4. The van der Waals surface area contributed by atoms with E-state index in [2.05, 4.69) is 48.5 Å². The normalized spacial score (nSPS) is 15.0. The highest BCUT2D eigenvalue weighted by molar-refractivity contribution is 7.47. The molecule has 0 spiro atoms. The molecular weight excluding hydrogens is 1100 g/mol. The van der Waals surface area contributed by atoms with Gasteiger partial charge in [0, 0.05) is 25.7 Å². The summed E-state index contributed by atoms with van der Waals surface area (Å²) >= 11 is 0. The van der Waals surface area contributed by atoms with Gasteiger partial charge in [0.05, 0.1) is 26.4 Å². The Hall–Kier alpha value is -1.94. The van der Waals surface area contributed by atoms with Crippen LogP contribution in [0.25, 0.3) is 0 Å². The zero-order valence-electron chi connectivity index (χ0n) is 53.6. The van der Waals surface area contributed by atoms with Gasteiger partial charge in [-0.05, 0) is 43.4 Å². The van der Waals surface area contributed by atoms with Gasteiger partial charge >= 0.3 is 39.5 Å². The molecule has 0 amide bonds. The van der Waals surface area contributed by atoms with E-state index in [-0.39, 0.29) is 25.7 Å². The standard InChI is InChI=1S/C64H124O17P2/c1-8-11-12-13-14-22-31-38-45-61(66)74-51-60(81-64(69)48-41-34-27-25-30-37-44-57(7)10-3)54-79-83(72,73)77-50-58(65)49-76-82(70,71)78-53-59(52-75-62(67)46-39-32-26-24-29-36-43-56(6)9-2)80-63(68)47-40-33-23-20-18-16-15-17-19-21-28-35-42-55(4)5/h55-60,65H,8-54H2,1-7H3,(H,70,71)(H,72,73)/t56?,57?,58-,59-,60-/m1/s1. The van der Waals surface area contributed by atoms with Crippen molar-refractivity contribution in [2.75, 3.05) is 39.6 Å². The van der Waals surface area contributed by atoms with Crippen LogP contribution in [0.3, 0.4) is 0 Å². The highest BCUT2D eigenvalue weighted by atomic mass is 31.2. The monoisotopic (exact) mass is 1230 g/mol. The van der Waals surface area contributed by atoms with E-state index < -0.39 is 97.5 Å². The first-order valence-corrected chi connectivity index (χ1v) is 36.4. The van der Waals surface area contributed by atoms with Gasteiger partial charge in [-0.25, -0.2) is 9.13 Å². The van der Waals surface area contributed by atoms with Crippen molar-refractivity contribution in [2.24, 2.45) is 17.8 Å². The maximum Gasteiger partial charge on any atom is 0.472 e. The van der Waals surface area contributed by atoms with Crippen molar-refractivity contribution in [2.45, 2.75) is 330 Å². The fourth-order valence-corrected chi connectivity index (χ4v) is 11.0. The minimum absolute atomic E-state index is 0.102. The Morgan fingerprint density at radius 3 is 0.916 bits per heavy atom. The maximum atomic E-state index is 13.0. The molecule has 7 atom stereocenters. The average molecular weight is 1230 g/mol. The number of phosphoric ester groups is 2. The minimum atomic E-state index is -4.95. The van der Waals surface area contributed by atoms with Gasteiger partial charge in [0.25, 0.3) is 0 Å². The molecule has 492 valence electrons. The van der Waals surface area contributed by atoms with Gasteiger partial charge in [-0.2, -0.15) is 0 Å². The Morgan fingerprint density at radius 1 is 0.349 bits per heavy atom. The summed E-state index contributed by atoms with van der Waals surface area (Å²) in [5.74, 6) is 0.0870. The zero-order chi connectivity index (χ0) is 61.7. The third kappa shape index (κ3) is 56.3. The molecule has 0 fully saturated rings. The molecule has 0 aliphatic carbocycles. The molecule has 0 radical (unpaired) electrons. The fraction of sp³-hybridized carbons (Fsp3) is 0.938. The van der Waals surface area contributed by atoms with Crippen molar-refractivity contribution in [3.63, 3.8) is 0 Å². The number of hydrogen-bond donors (Lipinski definition) is 3. The third-order valence-electron chi connectivity index (χ3n) is 15.4. The van der Waals surface area contributed by atoms with Crippen LogP contribution in [0.1, 0.15) is 312 Å². The van der Waals surface area contributed by atoms with Crippen molar-refractivity contribution in [3.05, 3.63) is 0 Å². The number of unbranched alkanes of at least 4 members (excludes halogenated alkanes) is 28. The predicted molar refractivity (Wildman–Crippen MR) is 331 cm³/mol. The van der Waals surface area contributed by atoms with E-state index in [9.17, 15) is 43.2 Å². The number of aliphatic hydroxyl groups excluding tert-OH is 1. The van der Waals surface area contributed by atoms with Crippen LogP contribution >= 0.6 is 15.6 Å². The molecule has 0 saturated heterocycles. The van der Waals surface area contributed by atoms with E-state index >= 15 is 0 Å². The molecule has 19 heteroatoms. The van der Waals surface area contributed by atoms with Crippen LogP contribution in [0, 0.1) is 17.8 Å². The van der Waals surface area contributed by atoms with Crippen LogP contribution in [0.4, 0.5) is 0 Å².